The van der Waals surface area contributed by atoms with E-state index in [1.165, 1.54) is 0 Å². The molecule has 5 aromatic rings. The van der Waals surface area contributed by atoms with E-state index in [9.17, 15) is 33.6 Å². The number of H-pyrrole nitrogens is 1. The topological polar surface area (TPSA) is 264 Å². The van der Waals surface area contributed by atoms with Gasteiger partial charge >= 0.3 is 12.1 Å². The molecule has 72 heavy (non-hydrogen) atoms. The number of nitrogens with zero attached hydrogens (tertiary/aromatic N) is 3. The van der Waals surface area contributed by atoms with Crippen LogP contribution in [0.25, 0.3) is 21.7 Å². The van der Waals surface area contributed by atoms with Crippen molar-refractivity contribution in [3.63, 3.8) is 0 Å². The third-order valence-electron chi connectivity index (χ3n) is 12.8. The highest BCUT2D eigenvalue weighted by Crippen LogP contribution is 2.46. The molecule has 21 heteroatoms. The van der Waals surface area contributed by atoms with Gasteiger partial charge in [-0.15, -0.1) is 0 Å². The number of fused-ring (bicyclic) bond motifs is 4. The van der Waals surface area contributed by atoms with E-state index in [-0.39, 0.29) is 43.2 Å². The number of halogens is 1. The van der Waals surface area contributed by atoms with Gasteiger partial charge < -0.3 is 62.1 Å². The predicted octanol–water partition coefficient (Wildman–Crippen LogP) is 4.28. The van der Waals surface area contributed by atoms with E-state index in [0.29, 0.717) is 89.4 Å². The van der Waals surface area contributed by atoms with Gasteiger partial charge in [0.15, 0.2) is 0 Å². The quantitative estimate of drug-likeness (QED) is 0.0393. The SMILES string of the molecule is CNCCNC(=O)CN[C@H](C(=O)N[C@@H](CCCNC(N)=O)C(=O)Nc1ccc(C(=O)Nc2ccc3[nH]c(C(=O)N4C[C@@H](CBr)c5c4cc(OC(=O)N4CCN(C)CC4)c4ccccc54)cc3c2)cc1)C(C)C. The number of carbonyl (C=O) groups is 7. The number of aromatic amines is 1. The molecular formula is C51H63BrN12O8. The van der Waals surface area contributed by atoms with Gasteiger partial charge in [0, 0.05) is 103 Å². The number of primary amides is 1. The van der Waals surface area contributed by atoms with E-state index in [4.69, 9.17) is 10.5 Å². The maximum Gasteiger partial charge on any atom is 0.415 e. The smallest absolute Gasteiger partial charge is 0.409 e. The van der Waals surface area contributed by atoms with Crippen molar-refractivity contribution in [2.45, 2.75) is 44.7 Å². The number of rotatable bonds is 20. The third-order valence-corrected chi connectivity index (χ3v) is 13.6. The summed E-state index contributed by atoms with van der Waals surface area (Å²) in [5.41, 5.74) is 9.07. The second-order valence-electron chi connectivity index (χ2n) is 18.3. The summed E-state index contributed by atoms with van der Waals surface area (Å²) in [7, 11) is 3.79. The van der Waals surface area contributed by atoms with E-state index >= 15 is 0 Å². The fourth-order valence-corrected chi connectivity index (χ4v) is 9.37. The molecule has 0 aliphatic carbocycles. The number of carbonyl (C=O) groups excluding carboxylic acids is 7. The Balaban J connectivity index is 1.00. The van der Waals surface area contributed by atoms with E-state index in [1.54, 1.807) is 71.4 Å². The lowest BCUT2D eigenvalue weighted by atomic mass is 9.95. The van der Waals surface area contributed by atoms with Crippen molar-refractivity contribution in [3.05, 3.63) is 95.7 Å². The van der Waals surface area contributed by atoms with Crippen molar-refractivity contribution in [2.75, 3.05) is 93.9 Å². The molecule has 1 aromatic heterocycles. The Labute approximate surface area is 426 Å². The summed E-state index contributed by atoms with van der Waals surface area (Å²) in [6.45, 7) is 7.76. The number of hydrogen-bond acceptors (Lipinski definition) is 11. The van der Waals surface area contributed by atoms with Crippen LogP contribution in [-0.4, -0.2) is 147 Å². The van der Waals surface area contributed by atoms with Crippen LogP contribution in [0.2, 0.25) is 0 Å². The zero-order chi connectivity index (χ0) is 51.5. The number of ether oxygens (including phenoxy) is 1. The molecule has 7 rings (SSSR count). The fourth-order valence-electron chi connectivity index (χ4n) is 8.84. The molecule has 0 bridgehead atoms. The van der Waals surface area contributed by atoms with Gasteiger partial charge in [-0.2, -0.15) is 0 Å². The molecule has 10 N–H and O–H groups in total. The number of amides is 8. The monoisotopic (exact) mass is 1050 g/mol. The van der Waals surface area contributed by atoms with Gasteiger partial charge in [0.25, 0.3) is 11.8 Å². The van der Waals surface area contributed by atoms with Crippen molar-refractivity contribution >= 4 is 96.3 Å². The lowest BCUT2D eigenvalue weighted by molar-refractivity contribution is -0.129. The van der Waals surface area contributed by atoms with Gasteiger partial charge in [0.1, 0.15) is 17.5 Å². The number of nitrogens with one attached hydrogen (secondary N) is 8. The first-order chi connectivity index (χ1) is 34.6. The molecule has 3 atom stereocenters. The molecular weight excluding hydrogens is 989 g/mol. The second-order valence-corrected chi connectivity index (χ2v) is 19.0. The Morgan fingerprint density at radius 3 is 2.25 bits per heavy atom. The highest BCUT2D eigenvalue weighted by molar-refractivity contribution is 9.09. The van der Waals surface area contributed by atoms with Gasteiger partial charge in [-0.05, 0) is 92.3 Å². The van der Waals surface area contributed by atoms with E-state index in [1.807, 2.05) is 45.2 Å². The first kappa shape index (κ1) is 52.7. The summed E-state index contributed by atoms with van der Waals surface area (Å²) in [6.07, 6.45) is 0.0537. The fraction of sp³-hybridized carbons (Fsp3) is 0.392. The molecule has 20 nitrogen and oxygen atoms in total. The van der Waals surface area contributed by atoms with E-state index < -0.39 is 41.9 Å². The van der Waals surface area contributed by atoms with Gasteiger partial charge in [0.2, 0.25) is 17.7 Å². The molecule has 3 heterocycles. The van der Waals surface area contributed by atoms with Gasteiger partial charge in [-0.3, -0.25) is 29.3 Å². The molecule has 1 fully saturated rings. The minimum atomic E-state index is -1.02. The first-order valence-corrected chi connectivity index (χ1v) is 25.2. The van der Waals surface area contributed by atoms with Crippen molar-refractivity contribution in [1.82, 2.24) is 41.4 Å². The third kappa shape index (κ3) is 13.1. The van der Waals surface area contributed by atoms with Crippen LogP contribution in [0.1, 0.15) is 59.0 Å². The maximum atomic E-state index is 14.4. The molecule has 0 spiro atoms. The molecule has 0 radical (unpaired) electrons. The minimum absolute atomic E-state index is 0.0210. The average molecular weight is 1050 g/mol. The lowest BCUT2D eigenvalue weighted by Crippen LogP contribution is -2.54. The summed E-state index contributed by atoms with van der Waals surface area (Å²) < 4.78 is 6.07. The van der Waals surface area contributed by atoms with Gasteiger partial charge in [-0.1, -0.05) is 54.0 Å². The second kappa shape index (κ2) is 24.4. The largest absolute Gasteiger partial charge is 0.415 e. The Bertz CT molecular complexity index is 2800. The molecule has 1 saturated heterocycles. The van der Waals surface area contributed by atoms with Crippen molar-refractivity contribution in [2.24, 2.45) is 11.7 Å². The Morgan fingerprint density at radius 2 is 1.56 bits per heavy atom. The summed E-state index contributed by atoms with van der Waals surface area (Å²) in [6, 6.07) is 20.3. The summed E-state index contributed by atoms with van der Waals surface area (Å²) in [4.78, 5) is 101. The normalized spacial score (nSPS) is 15.4. The lowest BCUT2D eigenvalue weighted by Gasteiger charge is -2.31. The van der Waals surface area contributed by atoms with Crippen molar-refractivity contribution in [3.8, 4) is 5.75 Å². The number of hydrogen-bond donors (Lipinski definition) is 9. The van der Waals surface area contributed by atoms with Crippen LogP contribution in [0.3, 0.4) is 0 Å². The van der Waals surface area contributed by atoms with Crippen LogP contribution in [0.15, 0.2) is 78.9 Å². The number of likely N-dealkylation sites (N-methyl/N-ethyl adjacent to an activating group) is 2. The Morgan fingerprint density at radius 1 is 0.833 bits per heavy atom. The zero-order valence-corrected chi connectivity index (χ0v) is 42.4. The summed E-state index contributed by atoms with van der Waals surface area (Å²) >= 11 is 3.68. The van der Waals surface area contributed by atoms with Crippen LogP contribution >= 0.6 is 15.9 Å². The summed E-state index contributed by atoms with van der Waals surface area (Å²) in [5, 5.41) is 22.7. The van der Waals surface area contributed by atoms with Crippen LogP contribution < -0.4 is 52.6 Å². The number of benzene rings is 4. The highest BCUT2D eigenvalue weighted by Gasteiger charge is 2.36. The van der Waals surface area contributed by atoms with Gasteiger partial charge in [0.05, 0.1) is 18.3 Å². The molecule has 2 aliphatic heterocycles. The standard InChI is InChI=1S/C51H63BrN12O8/c1-30(2)45(57-28-43(65)55-19-18-54-3)48(68)61-39(10-7-17-56-50(53)70)47(67)58-34-13-11-31(12-14-34)46(66)59-35-15-16-38-32(24-35)25-40(60-38)49(69)64-29-33(27-52)44-37-9-6-5-8-36(37)42(26-41(44)64)72-51(71)63-22-20-62(4)21-23-63/h5-6,8-9,11-16,24-26,30,33,39,45,54,57,60H,7,10,17-23,27-29H2,1-4H3,(H,55,65)(H,58,67)(H,59,66)(H,61,68)(H3,53,56,70)/t33-,39+,45+/m1/s1. The highest BCUT2D eigenvalue weighted by atomic mass is 79.9. The number of urea groups is 1. The van der Waals surface area contributed by atoms with Crippen molar-refractivity contribution < 1.29 is 38.3 Å². The molecule has 382 valence electrons. The predicted molar refractivity (Wildman–Crippen MR) is 281 cm³/mol. The zero-order valence-electron chi connectivity index (χ0n) is 40.9. The molecule has 2 aliphatic rings. The van der Waals surface area contributed by atoms with E-state index in [0.717, 1.165) is 29.4 Å². The van der Waals surface area contributed by atoms with Crippen LogP contribution in [0, 0.1) is 5.92 Å². The number of anilines is 3. The van der Waals surface area contributed by atoms with Crippen LogP contribution in [0.4, 0.5) is 26.7 Å². The number of alkyl halides is 1. The number of aromatic nitrogens is 1. The van der Waals surface area contributed by atoms with Crippen LogP contribution in [-0.2, 0) is 14.4 Å². The maximum absolute atomic E-state index is 14.4. The molecule has 4 aromatic carbocycles. The molecule has 0 saturated carbocycles. The minimum Gasteiger partial charge on any atom is -0.409 e. The van der Waals surface area contributed by atoms with Gasteiger partial charge in [-0.25, -0.2) is 9.59 Å². The molecule has 8 amide bonds. The molecule has 0 unspecified atom stereocenters. The number of nitrogens with two attached hydrogens (primary N) is 1. The van der Waals surface area contributed by atoms with Crippen LogP contribution in [0.5, 0.6) is 5.75 Å². The summed E-state index contributed by atoms with van der Waals surface area (Å²) in [5.74, 6) is -1.82. The first-order valence-electron chi connectivity index (χ1n) is 24.1. The number of piperazine rings is 1. The Kier molecular flexibility index (Phi) is 17.9. The van der Waals surface area contributed by atoms with Crippen molar-refractivity contribution in [1.29, 1.82) is 0 Å². The van der Waals surface area contributed by atoms with E-state index in [2.05, 4.69) is 63.0 Å². The average Bonchev–Trinajstić information content (AvgIpc) is 3.97. The Hall–Kier alpha value is -7.07.